The van der Waals surface area contributed by atoms with Gasteiger partial charge in [-0.3, -0.25) is 4.79 Å². The highest BCUT2D eigenvalue weighted by Gasteiger charge is 2.41. The van der Waals surface area contributed by atoms with Crippen LogP contribution < -0.4 is 0 Å². The molecular formula is C31H41ClFN3O. The van der Waals surface area contributed by atoms with Crippen molar-refractivity contribution in [1.82, 2.24) is 14.7 Å². The van der Waals surface area contributed by atoms with E-state index in [-0.39, 0.29) is 17.7 Å². The van der Waals surface area contributed by atoms with Crippen LogP contribution in [-0.4, -0.2) is 72.5 Å². The second-order valence-electron chi connectivity index (χ2n) is 11.5. The van der Waals surface area contributed by atoms with E-state index in [0.717, 1.165) is 25.4 Å². The number of carbonyl (C=O) groups excluding carboxylic acids is 1. The third-order valence-electron chi connectivity index (χ3n) is 9.13. The number of likely N-dealkylation sites (tertiary alicyclic amines) is 3. The molecule has 200 valence electrons. The Hall–Kier alpha value is -1.95. The first-order chi connectivity index (χ1) is 17.9. The fourth-order valence-corrected chi connectivity index (χ4v) is 6.93. The molecule has 0 saturated carbocycles. The zero-order valence-corrected chi connectivity index (χ0v) is 23.0. The van der Waals surface area contributed by atoms with Crippen LogP contribution in [0.25, 0.3) is 0 Å². The van der Waals surface area contributed by atoms with Crippen LogP contribution in [0.4, 0.5) is 4.39 Å². The molecule has 0 aliphatic carbocycles. The van der Waals surface area contributed by atoms with Gasteiger partial charge in [-0.1, -0.05) is 53.9 Å². The summed E-state index contributed by atoms with van der Waals surface area (Å²) < 4.78 is 14.4. The summed E-state index contributed by atoms with van der Waals surface area (Å²) in [5.41, 5.74) is 2.81. The topological polar surface area (TPSA) is 26.8 Å². The number of carbonyl (C=O) groups is 1. The van der Waals surface area contributed by atoms with E-state index in [1.807, 2.05) is 4.90 Å². The molecule has 0 spiro atoms. The normalized spacial score (nSPS) is 24.0. The van der Waals surface area contributed by atoms with E-state index in [1.165, 1.54) is 75.5 Å². The molecule has 3 aliphatic heterocycles. The highest BCUT2D eigenvalue weighted by Crippen LogP contribution is 2.39. The molecule has 37 heavy (non-hydrogen) atoms. The fraction of sp³-hybridized carbons (Fsp3) is 0.581. The predicted octanol–water partition coefficient (Wildman–Crippen LogP) is 5.84. The number of benzene rings is 2. The quantitative estimate of drug-likeness (QED) is 0.454. The van der Waals surface area contributed by atoms with Gasteiger partial charge in [0.05, 0.1) is 6.42 Å². The molecule has 6 heteroatoms. The lowest BCUT2D eigenvalue weighted by Crippen LogP contribution is -2.47. The van der Waals surface area contributed by atoms with E-state index >= 15 is 0 Å². The summed E-state index contributed by atoms with van der Waals surface area (Å²) in [6.45, 7) is 9.46. The van der Waals surface area contributed by atoms with E-state index in [9.17, 15) is 9.18 Å². The first kappa shape index (κ1) is 26.6. The van der Waals surface area contributed by atoms with Gasteiger partial charge in [0.15, 0.2) is 0 Å². The number of aryl methyl sites for hydroxylation is 1. The Bertz CT molecular complexity index is 1040. The van der Waals surface area contributed by atoms with Crippen LogP contribution in [0.3, 0.4) is 0 Å². The van der Waals surface area contributed by atoms with Gasteiger partial charge < -0.3 is 14.7 Å². The number of amides is 1. The van der Waals surface area contributed by atoms with Gasteiger partial charge in [-0.25, -0.2) is 4.39 Å². The van der Waals surface area contributed by atoms with E-state index in [0.29, 0.717) is 23.7 Å². The number of piperidine rings is 2. The summed E-state index contributed by atoms with van der Waals surface area (Å²) in [4.78, 5) is 20.6. The Balaban J connectivity index is 1.24. The van der Waals surface area contributed by atoms with Gasteiger partial charge in [0, 0.05) is 35.1 Å². The van der Waals surface area contributed by atoms with Gasteiger partial charge in [0.2, 0.25) is 5.91 Å². The van der Waals surface area contributed by atoms with Crippen LogP contribution in [0.5, 0.6) is 0 Å². The number of rotatable bonds is 7. The van der Waals surface area contributed by atoms with Crippen molar-refractivity contribution in [2.24, 2.45) is 0 Å². The lowest BCUT2D eigenvalue weighted by Gasteiger charge is -2.41. The molecule has 1 atom stereocenters. The van der Waals surface area contributed by atoms with Gasteiger partial charge in [-0.15, -0.1) is 0 Å². The van der Waals surface area contributed by atoms with Crippen molar-refractivity contribution < 1.29 is 9.18 Å². The molecule has 2 aromatic carbocycles. The molecule has 4 nitrogen and oxygen atoms in total. The van der Waals surface area contributed by atoms with Crippen molar-refractivity contribution in [2.45, 2.75) is 69.7 Å². The Morgan fingerprint density at radius 3 is 2.43 bits per heavy atom. The summed E-state index contributed by atoms with van der Waals surface area (Å²) in [7, 11) is 0. The van der Waals surface area contributed by atoms with Crippen molar-refractivity contribution in [2.75, 3.05) is 45.8 Å². The smallest absolute Gasteiger partial charge is 0.227 e. The van der Waals surface area contributed by atoms with Gasteiger partial charge >= 0.3 is 0 Å². The van der Waals surface area contributed by atoms with Crippen LogP contribution in [0.2, 0.25) is 5.02 Å². The number of hydrogen-bond donors (Lipinski definition) is 0. The minimum atomic E-state index is -0.405. The average molecular weight is 526 g/mol. The van der Waals surface area contributed by atoms with Crippen molar-refractivity contribution >= 4 is 17.5 Å². The molecule has 3 aliphatic rings. The van der Waals surface area contributed by atoms with Crippen molar-refractivity contribution in [3.63, 3.8) is 0 Å². The average Bonchev–Trinajstić information content (AvgIpc) is 3.37. The summed E-state index contributed by atoms with van der Waals surface area (Å²) >= 11 is 6.22. The summed E-state index contributed by atoms with van der Waals surface area (Å²) in [6.07, 6.45) is 8.64. The molecule has 1 amide bonds. The molecule has 3 saturated heterocycles. The lowest BCUT2D eigenvalue weighted by atomic mass is 9.76. The minimum absolute atomic E-state index is 0.0134. The van der Waals surface area contributed by atoms with Gasteiger partial charge in [-0.05, 0) is 95.9 Å². The Labute approximate surface area is 226 Å². The molecular weight excluding hydrogens is 485 g/mol. The SMILES string of the molecule is Cc1ccc(C2(CCN3CCC(N4CCCCC4)CC3)CCN(C(=O)Cc3c(F)cccc3Cl)C2)cc1. The molecule has 5 rings (SSSR count). The largest absolute Gasteiger partial charge is 0.341 e. The fourth-order valence-electron chi connectivity index (χ4n) is 6.70. The maximum Gasteiger partial charge on any atom is 0.227 e. The molecule has 3 heterocycles. The molecule has 2 aromatic rings. The van der Waals surface area contributed by atoms with E-state index in [4.69, 9.17) is 11.6 Å². The Morgan fingerprint density at radius 1 is 1.00 bits per heavy atom. The van der Waals surface area contributed by atoms with Crippen molar-refractivity contribution in [3.8, 4) is 0 Å². The molecule has 0 aromatic heterocycles. The summed E-state index contributed by atoms with van der Waals surface area (Å²) in [5, 5.41) is 0.324. The minimum Gasteiger partial charge on any atom is -0.341 e. The van der Waals surface area contributed by atoms with Crippen LogP contribution in [0.15, 0.2) is 42.5 Å². The molecule has 0 N–H and O–H groups in total. The first-order valence-corrected chi connectivity index (χ1v) is 14.6. The second kappa shape index (κ2) is 11.8. The van der Waals surface area contributed by atoms with Gasteiger partial charge in [0.1, 0.15) is 5.82 Å². The Morgan fingerprint density at radius 2 is 1.73 bits per heavy atom. The van der Waals surface area contributed by atoms with Crippen molar-refractivity contribution in [1.29, 1.82) is 0 Å². The third-order valence-corrected chi connectivity index (χ3v) is 9.48. The molecule has 0 bridgehead atoms. The second-order valence-corrected chi connectivity index (χ2v) is 11.9. The van der Waals surface area contributed by atoms with Gasteiger partial charge in [-0.2, -0.15) is 0 Å². The van der Waals surface area contributed by atoms with Crippen LogP contribution >= 0.6 is 11.6 Å². The summed E-state index contributed by atoms with van der Waals surface area (Å²) in [6, 6.07) is 14.2. The van der Waals surface area contributed by atoms with Crippen LogP contribution in [0, 0.1) is 12.7 Å². The Kier molecular flexibility index (Phi) is 8.53. The van der Waals surface area contributed by atoms with Crippen LogP contribution in [-0.2, 0) is 16.6 Å². The predicted molar refractivity (Wildman–Crippen MR) is 149 cm³/mol. The number of nitrogens with zero attached hydrogens (tertiary/aromatic N) is 3. The molecule has 3 fully saturated rings. The lowest BCUT2D eigenvalue weighted by molar-refractivity contribution is -0.129. The zero-order chi connectivity index (χ0) is 25.8. The number of halogens is 2. The maximum absolute atomic E-state index is 14.4. The highest BCUT2D eigenvalue weighted by molar-refractivity contribution is 6.31. The van der Waals surface area contributed by atoms with E-state index in [1.54, 1.807) is 12.1 Å². The van der Waals surface area contributed by atoms with E-state index < -0.39 is 5.82 Å². The maximum atomic E-state index is 14.4. The van der Waals surface area contributed by atoms with E-state index in [2.05, 4.69) is 41.0 Å². The standard InChI is InChI=1S/C31H41ClFN3O/c1-24-8-10-25(11-9-24)31(14-20-34-18-12-26(13-19-34)35-16-3-2-4-17-35)15-21-36(23-31)30(37)22-27-28(32)6-5-7-29(27)33/h5-11,26H,2-4,12-23H2,1H3. The first-order valence-electron chi connectivity index (χ1n) is 14.2. The summed E-state index contributed by atoms with van der Waals surface area (Å²) in [5.74, 6) is -0.443. The highest BCUT2D eigenvalue weighted by atomic mass is 35.5. The van der Waals surface area contributed by atoms with Gasteiger partial charge in [0.25, 0.3) is 0 Å². The third kappa shape index (κ3) is 6.21. The van der Waals surface area contributed by atoms with Crippen LogP contribution in [0.1, 0.15) is 61.6 Å². The monoisotopic (exact) mass is 525 g/mol. The van der Waals surface area contributed by atoms with Crippen molar-refractivity contribution in [3.05, 3.63) is 70.0 Å². The number of hydrogen-bond acceptors (Lipinski definition) is 3. The molecule has 1 unspecified atom stereocenters. The molecule has 0 radical (unpaired) electrons. The zero-order valence-electron chi connectivity index (χ0n) is 22.2.